The number of nitrogens with zero attached hydrogens (tertiary/aromatic N) is 1. The van der Waals surface area contributed by atoms with Crippen molar-refractivity contribution in [1.82, 2.24) is 15.2 Å². The molecule has 1 aromatic heterocycles. The average molecular weight is 459 g/mol. The van der Waals surface area contributed by atoms with Gasteiger partial charge < -0.3 is 20.8 Å². The van der Waals surface area contributed by atoms with Crippen molar-refractivity contribution in [2.75, 3.05) is 25.4 Å². The van der Waals surface area contributed by atoms with Crippen molar-refractivity contribution in [3.05, 3.63) is 56.8 Å². The summed E-state index contributed by atoms with van der Waals surface area (Å²) in [6.45, 7) is 2.04. The zero-order valence-corrected chi connectivity index (χ0v) is 17.2. The number of alkyl halides is 3. The van der Waals surface area contributed by atoms with Crippen molar-refractivity contribution < 1.29 is 22.7 Å². The summed E-state index contributed by atoms with van der Waals surface area (Å²) in [6, 6.07) is 7.32. The van der Waals surface area contributed by atoms with Gasteiger partial charge in [0.1, 0.15) is 17.1 Å². The molecular weight excluding hydrogens is 437 g/mol. The first-order valence-corrected chi connectivity index (χ1v) is 10.0. The predicted octanol–water partition coefficient (Wildman–Crippen LogP) is 3.15. The van der Waals surface area contributed by atoms with E-state index in [1.165, 1.54) is 18.2 Å². The number of hydrogen-bond donors (Lipinski definition) is 3. The number of halogens is 4. The Morgan fingerprint density at radius 2 is 1.97 bits per heavy atom. The Morgan fingerprint density at radius 3 is 2.65 bits per heavy atom. The SMILES string of the molecule is Nc1[nH]c(=O)c(C(=O)NCC2CCN(Cc3ccccc3OC(F)(F)F)CC2)cc1Cl. The van der Waals surface area contributed by atoms with Gasteiger partial charge in [0.05, 0.1) is 5.02 Å². The Labute approximate surface area is 181 Å². The van der Waals surface area contributed by atoms with E-state index in [0.717, 1.165) is 12.8 Å². The molecule has 0 saturated carbocycles. The second-order valence-electron chi connectivity index (χ2n) is 7.36. The van der Waals surface area contributed by atoms with Gasteiger partial charge in [-0.2, -0.15) is 0 Å². The maximum atomic E-state index is 12.6. The van der Waals surface area contributed by atoms with Crippen LogP contribution in [0.1, 0.15) is 28.8 Å². The minimum absolute atomic E-state index is 0.00204. The molecule has 1 aliphatic heterocycles. The molecule has 31 heavy (non-hydrogen) atoms. The first-order chi connectivity index (χ1) is 14.6. The summed E-state index contributed by atoms with van der Waals surface area (Å²) in [7, 11) is 0. The Morgan fingerprint density at radius 1 is 1.29 bits per heavy atom. The summed E-state index contributed by atoms with van der Waals surface area (Å²) in [5.74, 6) is -0.552. The number of carbonyl (C=O) groups is 1. The first kappa shape index (κ1) is 23.0. The van der Waals surface area contributed by atoms with Gasteiger partial charge in [0, 0.05) is 18.7 Å². The van der Waals surface area contributed by atoms with E-state index in [1.54, 1.807) is 12.1 Å². The Hall–Kier alpha value is -2.72. The molecule has 0 aliphatic carbocycles. The molecule has 0 radical (unpaired) electrons. The quantitative estimate of drug-likeness (QED) is 0.617. The summed E-state index contributed by atoms with van der Waals surface area (Å²) in [5.41, 5.74) is 5.23. The van der Waals surface area contributed by atoms with Crippen LogP contribution in [-0.4, -0.2) is 41.8 Å². The summed E-state index contributed by atoms with van der Waals surface area (Å²) in [6.07, 6.45) is -3.24. The highest BCUT2D eigenvalue weighted by Gasteiger charge is 2.32. The van der Waals surface area contributed by atoms with Gasteiger partial charge in [-0.15, -0.1) is 13.2 Å². The number of para-hydroxylation sites is 1. The molecule has 11 heteroatoms. The number of pyridine rings is 1. The summed E-state index contributed by atoms with van der Waals surface area (Å²) in [5, 5.41) is 2.82. The Balaban J connectivity index is 1.50. The van der Waals surface area contributed by atoms with Crippen LogP contribution in [0, 0.1) is 5.92 Å². The summed E-state index contributed by atoms with van der Waals surface area (Å²) < 4.78 is 41.9. The van der Waals surface area contributed by atoms with Gasteiger partial charge in [-0.1, -0.05) is 29.8 Å². The van der Waals surface area contributed by atoms with Crippen molar-refractivity contribution in [1.29, 1.82) is 0 Å². The molecule has 1 saturated heterocycles. The third-order valence-electron chi connectivity index (χ3n) is 5.12. The van der Waals surface area contributed by atoms with Gasteiger partial charge in [-0.3, -0.25) is 14.5 Å². The van der Waals surface area contributed by atoms with Crippen LogP contribution in [0.25, 0.3) is 0 Å². The average Bonchev–Trinajstić information content (AvgIpc) is 2.70. The molecule has 2 aromatic rings. The zero-order chi connectivity index (χ0) is 22.6. The lowest BCUT2D eigenvalue weighted by molar-refractivity contribution is -0.275. The van der Waals surface area contributed by atoms with Gasteiger partial charge in [-0.25, -0.2) is 0 Å². The Kier molecular flexibility index (Phi) is 7.11. The summed E-state index contributed by atoms with van der Waals surface area (Å²) >= 11 is 5.86. The molecule has 3 rings (SSSR count). The van der Waals surface area contributed by atoms with Crippen molar-refractivity contribution in [3.8, 4) is 5.75 Å². The third-order valence-corrected chi connectivity index (χ3v) is 5.43. The van der Waals surface area contributed by atoms with E-state index in [-0.39, 0.29) is 28.1 Å². The number of benzene rings is 1. The van der Waals surface area contributed by atoms with Crippen molar-refractivity contribution in [3.63, 3.8) is 0 Å². The van der Waals surface area contributed by atoms with E-state index in [9.17, 15) is 22.8 Å². The van der Waals surface area contributed by atoms with Crippen LogP contribution < -0.4 is 21.3 Å². The largest absolute Gasteiger partial charge is 0.573 e. The fraction of sp³-hybridized carbons (Fsp3) is 0.400. The molecular formula is C20H22ClF3N4O3. The van der Waals surface area contributed by atoms with Gasteiger partial charge in [0.15, 0.2) is 0 Å². The second kappa shape index (κ2) is 9.61. The van der Waals surface area contributed by atoms with E-state index in [1.807, 2.05) is 4.90 Å². The zero-order valence-electron chi connectivity index (χ0n) is 16.5. The van der Waals surface area contributed by atoms with Crippen molar-refractivity contribution in [2.45, 2.75) is 25.7 Å². The number of H-pyrrole nitrogens is 1. The minimum Gasteiger partial charge on any atom is -0.405 e. The standard InChI is InChI=1S/C20H22ClF3N4O3/c21-15-9-14(19(30)27-17(15)25)18(29)26-10-12-5-7-28(8-6-12)11-13-3-1-2-4-16(13)31-20(22,23)24/h1-4,9,12H,5-8,10-11H2,(H,26,29)(H3,25,27,30). The molecule has 4 N–H and O–H groups in total. The number of hydrogen-bond acceptors (Lipinski definition) is 5. The van der Waals surface area contributed by atoms with Crippen molar-refractivity contribution in [2.24, 2.45) is 5.92 Å². The number of aromatic amines is 1. The molecule has 0 atom stereocenters. The van der Waals surface area contributed by atoms with Crippen LogP contribution in [0.3, 0.4) is 0 Å². The highest BCUT2D eigenvalue weighted by molar-refractivity contribution is 6.33. The fourth-order valence-corrected chi connectivity index (χ4v) is 3.62. The number of amides is 1. The van der Waals surface area contributed by atoms with Crippen LogP contribution in [0.15, 0.2) is 35.1 Å². The molecule has 1 aromatic carbocycles. The van der Waals surface area contributed by atoms with Crippen LogP contribution in [0.4, 0.5) is 19.0 Å². The molecule has 1 fully saturated rings. The number of ether oxygens (including phenoxy) is 1. The highest BCUT2D eigenvalue weighted by Crippen LogP contribution is 2.28. The smallest absolute Gasteiger partial charge is 0.405 e. The molecule has 1 aliphatic rings. The normalized spacial score (nSPS) is 15.6. The van der Waals surface area contributed by atoms with E-state index in [0.29, 0.717) is 31.7 Å². The lowest BCUT2D eigenvalue weighted by atomic mass is 9.96. The fourth-order valence-electron chi connectivity index (χ4n) is 3.47. The molecule has 7 nitrogen and oxygen atoms in total. The molecule has 2 heterocycles. The maximum Gasteiger partial charge on any atom is 0.573 e. The number of aromatic nitrogens is 1. The van der Waals surface area contributed by atoms with E-state index < -0.39 is 17.8 Å². The number of nitrogen functional groups attached to an aromatic ring is 1. The number of nitrogens with one attached hydrogen (secondary N) is 2. The first-order valence-electron chi connectivity index (χ1n) is 9.65. The maximum absolute atomic E-state index is 12.6. The minimum atomic E-state index is -4.74. The summed E-state index contributed by atoms with van der Waals surface area (Å²) in [4.78, 5) is 28.5. The molecule has 1 amide bonds. The third kappa shape index (κ3) is 6.38. The van der Waals surface area contributed by atoms with E-state index in [2.05, 4.69) is 15.0 Å². The van der Waals surface area contributed by atoms with Gasteiger partial charge in [0.25, 0.3) is 11.5 Å². The monoisotopic (exact) mass is 458 g/mol. The van der Waals surface area contributed by atoms with Gasteiger partial charge in [-0.05, 0) is 44.0 Å². The number of carbonyl (C=O) groups excluding carboxylic acids is 1. The topological polar surface area (TPSA) is 100 Å². The number of rotatable bonds is 6. The number of likely N-dealkylation sites (tertiary alicyclic amines) is 1. The second-order valence-corrected chi connectivity index (χ2v) is 7.77. The van der Waals surface area contributed by atoms with Crippen LogP contribution in [-0.2, 0) is 6.54 Å². The lowest BCUT2D eigenvalue weighted by Gasteiger charge is -2.32. The van der Waals surface area contributed by atoms with Crippen LogP contribution >= 0.6 is 11.6 Å². The van der Waals surface area contributed by atoms with Crippen LogP contribution in [0.5, 0.6) is 5.75 Å². The van der Waals surface area contributed by atoms with Gasteiger partial charge >= 0.3 is 6.36 Å². The van der Waals surface area contributed by atoms with E-state index >= 15 is 0 Å². The van der Waals surface area contributed by atoms with Crippen LogP contribution in [0.2, 0.25) is 5.02 Å². The number of nitrogens with two attached hydrogens (primary N) is 1. The van der Waals surface area contributed by atoms with Gasteiger partial charge in [0.2, 0.25) is 0 Å². The number of piperidine rings is 1. The Bertz CT molecular complexity index is 988. The van der Waals surface area contributed by atoms with E-state index in [4.69, 9.17) is 17.3 Å². The predicted molar refractivity (Wildman–Crippen MR) is 110 cm³/mol. The molecule has 0 spiro atoms. The molecule has 0 bridgehead atoms. The highest BCUT2D eigenvalue weighted by atomic mass is 35.5. The molecule has 0 unspecified atom stereocenters. The lowest BCUT2D eigenvalue weighted by Crippen LogP contribution is -2.39. The van der Waals surface area contributed by atoms with Crippen molar-refractivity contribution >= 4 is 23.3 Å². The molecule has 168 valence electrons. The number of anilines is 1.